The zero-order valence-electron chi connectivity index (χ0n) is 27.5. The predicted octanol–water partition coefficient (Wildman–Crippen LogP) is 8.47. The molecule has 0 bridgehead atoms. The Morgan fingerprint density at radius 3 is 1.24 bits per heavy atom. The Bertz CT molecular complexity index is 911. The summed E-state index contributed by atoms with van der Waals surface area (Å²) in [6.07, 6.45) is 1.12. The van der Waals surface area contributed by atoms with Gasteiger partial charge in [-0.3, -0.25) is 9.59 Å². The zero-order valence-corrected chi connectivity index (χ0v) is 27.5. The minimum absolute atomic E-state index is 0.437. The third kappa shape index (κ3) is 4.09. The number of Topliss-reactive ketones (excluding diaryl/α,β-unsaturated/α-hetero) is 2. The quantitative estimate of drug-likeness (QED) is 0.209. The van der Waals surface area contributed by atoms with Gasteiger partial charge in [-0.05, 0) is 27.1 Å². The van der Waals surface area contributed by atoms with Crippen molar-refractivity contribution in [1.29, 1.82) is 0 Å². The van der Waals surface area contributed by atoms with Crippen LogP contribution in [0.25, 0.3) is 0 Å². The number of carbonyl (C=O) groups excluding carboxylic acids is 3. The van der Waals surface area contributed by atoms with Gasteiger partial charge in [-0.2, -0.15) is 0 Å². The molecule has 0 aromatic carbocycles. The van der Waals surface area contributed by atoms with Crippen molar-refractivity contribution in [2.75, 3.05) is 0 Å². The summed E-state index contributed by atoms with van der Waals surface area (Å²) >= 11 is 0. The molecular weight excluding hydrogens is 460 g/mol. The van der Waals surface area contributed by atoms with E-state index in [0.29, 0.717) is 0 Å². The van der Waals surface area contributed by atoms with Crippen molar-refractivity contribution in [3.63, 3.8) is 0 Å². The van der Waals surface area contributed by atoms with Gasteiger partial charge in [-0.25, -0.2) is 4.79 Å². The van der Waals surface area contributed by atoms with Crippen LogP contribution >= 0.6 is 0 Å². The Morgan fingerprint density at radius 2 is 1.03 bits per heavy atom. The van der Waals surface area contributed by atoms with Crippen molar-refractivity contribution in [3.05, 3.63) is 12.7 Å². The number of hydrogen-bond donors (Lipinski definition) is 0. The molecule has 4 heteroatoms. The molecule has 1 aliphatic rings. The molecule has 1 saturated carbocycles. The van der Waals surface area contributed by atoms with E-state index < -0.39 is 72.4 Å². The molecule has 1 fully saturated rings. The van der Waals surface area contributed by atoms with E-state index in [9.17, 15) is 14.4 Å². The van der Waals surface area contributed by atoms with Crippen LogP contribution in [0.15, 0.2) is 12.7 Å². The van der Waals surface area contributed by atoms with Crippen molar-refractivity contribution >= 4 is 17.5 Å². The first-order valence-corrected chi connectivity index (χ1v) is 13.8. The van der Waals surface area contributed by atoms with Crippen LogP contribution in [-0.2, 0) is 19.1 Å². The van der Waals surface area contributed by atoms with Crippen molar-refractivity contribution in [2.24, 2.45) is 49.2 Å². The van der Waals surface area contributed by atoms with Gasteiger partial charge in [0.2, 0.25) is 11.6 Å². The molecule has 1 aliphatic carbocycles. The second kappa shape index (κ2) is 8.78. The fraction of sp³-hybridized carbons (Fsp3) is 0.848. The van der Waals surface area contributed by atoms with Crippen LogP contribution in [-0.4, -0.2) is 23.1 Å². The summed E-state index contributed by atoms with van der Waals surface area (Å²) < 4.78 is 6.52. The molecule has 0 aliphatic heterocycles. The van der Waals surface area contributed by atoms with Crippen LogP contribution in [0.4, 0.5) is 0 Å². The Balaban J connectivity index is 5.14. The maximum absolute atomic E-state index is 15.0. The van der Waals surface area contributed by atoms with Crippen molar-refractivity contribution in [1.82, 2.24) is 0 Å². The first-order chi connectivity index (χ1) is 15.9. The molecule has 37 heavy (non-hydrogen) atoms. The summed E-state index contributed by atoms with van der Waals surface area (Å²) in [5, 5.41) is 0. The van der Waals surface area contributed by atoms with Gasteiger partial charge < -0.3 is 4.74 Å². The summed E-state index contributed by atoms with van der Waals surface area (Å²) in [5.74, 6) is -2.33. The van der Waals surface area contributed by atoms with Crippen LogP contribution < -0.4 is 0 Å². The lowest BCUT2D eigenvalue weighted by molar-refractivity contribution is -0.357. The predicted molar refractivity (Wildman–Crippen MR) is 154 cm³/mol. The molecule has 0 spiro atoms. The normalized spacial score (nSPS) is 25.6. The monoisotopic (exact) mass is 518 g/mol. The molecule has 0 aromatic heterocycles. The van der Waals surface area contributed by atoms with Crippen LogP contribution in [0, 0.1) is 49.2 Å². The number of ether oxygens (including phenoxy) is 1. The Kier molecular flexibility index (Phi) is 7.97. The summed E-state index contributed by atoms with van der Waals surface area (Å²) in [5.41, 5.74) is -7.22. The van der Waals surface area contributed by atoms with E-state index in [1.54, 1.807) is 0 Å². The molecule has 2 atom stereocenters. The third-order valence-electron chi connectivity index (χ3n) is 9.32. The summed E-state index contributed by atoms with van der Waals surface area (Å²) in [6.45, 7) is 41.9. The number of ketones is 2. The summed E-state index contributed by atoms with van der Waals surface area (Å²) in [7, 11) is 0. The topological polar surface area (TPSA) is 60.4 Å². The molecule has 0 amide bonds. The van der Waals surface area contributed by atoms with Gasteiger partial charge in [-0.1, -0.05) is 131 Å². The van der Waals surface area contributed by atoms with E-state index in [4.69, 9.17) is 4.74 Å². The fourth-order valence-corrected chi connectivity index (χ4v) is 10.1. The average molecular weight is 519 g/mol. The Labute approximate surface area is 228 Å². The molecule has 0 aromatic rings. The number of carbonyl (C=O) groups is 3. The zero-order chi connectivity index (χ0) is 30.2. The van der Waals surface area contributed by atoms with Crippen molar-refractivity contribution < 1.29 is 19.1 Å². The van der Waals surface area contributed by atoms with Gasteiger partial charge in [0.05, 0.1) is 0 Å². The highest BCUT2D eigenvalue weighted by atomic mass is 16.6. The Morgan fingerprint density at radius 1 is 0.676 bits per heavy atom. The third-order valence-corrected chi connectivity index (χ3v) is 9.32. The Hall–Kier alpha value is -1.45. The molecule has 1 rings (SSSR count). The van der Waals surface area contributed by atoms with E-state index in [1.165, 1.54) is 0 Å². The smallest absolute Gasteiger partial charge is 0.331 e. The second-order valence-corrected chi connectivity index (χ2v) is 17.6. The van der Waals surface area contributed by atoms with Gasteiger partial charge in [0.25, 0.3) is 0 Å². The van der Waals surface area contributed by atoms with Crippen LogP contribution in [0.1, 0.15) is 125 Å². The highest BCUT2D eigenvalue weighted by molar-refractivity contribution is 6.43. The maximum Gasteiger partial charge on any atom is 0.331 e. The number of rotatable bonds is 2. The second-order valence-electron chi connectivity index (χ2n) is 17.6. The number of esters is 1. The van der Waals surface area contributed by atoms with E-state index in [0.717, 1.165) is 6.08 Å². The van der Waals surface area contributed by atoms with Gasteiger partial charge in [0.1, 0.15) is 0 Å². The SMILES string of the molecule is C=CC(=O)OC1(C(C)(C)C)C(=O)C(=O)C(C(C)(C)C)C(C(C)(C)C)(C(C)(C)C)C1(C(C)(C)C)C(C)(C)C. The van der Waals surface area contributed by atoms with Crippen molar-refractivity contribution in [2.45, 2.75) is 130 Å². The first kappa shape index (κ1) is 33.6. The summed E-state index contributed by atoms with van der Waals surface area (Å²) in [4.78, 5) is 43.1. The van der Waals surface area contributed by atoms with E-state index in [-0.39, 0.29) is 0 Å². The molecule has 0 radical (unpaired) electrons. The van der Waals surface area contributed by atoms with Crippen LogP contribution in [0.2, 0.25) is 0 Å². The van der Waals surface area contributed by atoms with Crippen molar-refractivity contribution in [3.8, 4) is 0 Å². The standard InChI is InChI=1S/C33H58O4/c1-20-21(34)37-32(28(11,12)13)24(36)22(35)23(25(2,3)4)31(26(5,6)7,27(8,9)10)33(32,29(14,15)16)30(17,18)19/h20,23H,1H2,2-19H3. The molecule has 2 unspecified atom stereocenters. The minimum Gasteiger partial charge on any atom is -0.446 e. The van der Waals surface area contributed by atoms with Crippen LogP contribution in [0.3, 0.4) is 0 Å². The van der Waals surface area contributed by atoms with Gasteiger partial charge >= 0.3 is 5.97 Å². The molecule has 214 valence electrons. The van der Waals surface area contributed by atoms with E-state index >= 15 is 0 Å². The highest BCUT2D eigenvalue weighted by Crippen LogP contribution is 2.83. The lowest BCUT2D eigenvalue weighted by Crippen LogP contribution is -2.87. The van der Waals surface area contributed by atoms with Gasteiger partial charge in [0.15, 0.2) is 5.60 Å². The molecule has 4 nitrogen and oxygen atoms in total. The van der Waals surface area contributed by atoms with E-state index in [2.05, 4.69) is 110 Å². The lowest BCUT2D eigenvalue weighted by Gasteiger charge is -2.81. The largest absolute Gasteiger partial charge is 0.446 e. The molecular formula is C33H58O4. The molecule has 0 saturated heterocycles. The maximum atomic E-state index is 15.0. The van der Waals surface area contributed by atoms with Gasteiger partial charge in [0, 0.05) is 28.2 Å². The van der Waals surface area contributed by atoms with Crippen LogP contribution in [0.5, 0.6) is 0 Å². The molecule has 0 N–H and O–H groups in total. The molecule has 0 heterocycles. The first-order valence-electron chi connectivity index (χ1n) is 13.8. The lowest BCUT2D eigenvalue weighted by atomic mass is 9.21. The minimum atomic E-state index is -1.76. The highest BCUT2D eigenvalue weighted by Gasteiger charge is 2.88. The van der Waals surface area contributed by atoms with E-state index in [1.807, 2.05) is 20.8 Å². The fourth-order valence-electron chi connectivity index (χ4n) is 10.1. The van der Waals surface area contributed by atoms with Gasteiger partial charge in [-0.15, -0.1) is 0 Å². The number of hydrogen-bond acceptors (Lipinski definition) is 4. The average Bonchev–Trinajstić information content (AvgIpc) is 2.58. The summed E-state index contributed by atoms with van der Waals surface area (Å²) in [6, 6.07) is 0.